The fourth-order valence-corrected chi connectivity index (χ4v) is 3.32. The predicted octanol–water partition coefficient (Wildman–Crippen LogP) is 3.20. The molecule has 0 saturated carbocycles. The molecule has 29 heavy (non-hydrogen) atoms. The van der Waals surface area contributed by atoms with Crippen LogP contribution in [-0.2, 0) is 17.6 Å². The Morgan fingerprint density at radius 1 is 1.00 bits per heavy atom. The second-order valence-corrected chi connectivity index (χ2v) is 7.12. The highest BCUT2D eigenvalue weighted by molar-refractivity contribution is 5.84. The maximum absolute atomic E-state index is 11.0. The van der Waals surface area contributed by atoms with Crippen molar-refractivity contribution in [3.63, 3.8) is 0 Å². The van der Waals surface area contributed by atoms with Gasteiger partial charge in [-0.3, -0.25) is 4.79 Å². The van der Waals surface area contributed by atoms with Crippen LogP contribution < -0.4 is 24.3 Å². The Hall–Kier alpha value is -2.73. The van der Waals surface area contributed by atoms with Crippen LogP contribution in [0.3, 0.4) is 0 Å². The van der Waals surface area contributed by atoms with Gasteiger partial charge in [0.25, 0.3) is 0 Å². The van der Waals surface area contributed by atoms with Crippen LogP contribution in [-0.4, -0.2) is 45.8 Å². The van der Waals surface area contributed by atoms with Crippen molar-refractivity contribution in [2.75, 3.05) is 34.0 Å². The van der Waals surface area contributed by atoms with E-state index in [0.29, 0.717) is 12.5 Å². The SMILES string of the molecule is CCCNC1COc2cc(OC)ccc2C1.COc1ccc2c(c1)OCC(=O)C2. The summed E-state index contributed by atoms with van der Waals surface area (Å²) in [6, 6.07) is 12.0. The van der Waals surface area contributed by atoms with E-state index in [-0.39, 0.29) is 12.4 Å². The van der Waals surface area contributed by atoms with Gasteiger partial charge in [-0.25, -0.2) is 0 Å². The molecule has 2 aliphatic rings. The number of benzene rings is 2. The van der Waals surface area contributed by atoms with E-state index in [1.54, 1.807) is 14.2 Å². The lowest BCUT2D eigenvalue weighted by Gasteiger charge is -2.26. The van der Waals surface area contributed by atoms with Crippen LogP contribution in [0.2, 0.25) is 0 Å². The Morgan fingerprint density at radius 3 is 2.31 bits per heavy atom. The molecule has 0 bridgehead atoms. The van der Waals surface area contributed by atoms with Gasteiger partial charge in [-0.2, -0.15) is 0 Å². The summed E-state index contributed by atoms with van der Waals surface area (Å²) in [6.45, 7) is 4.16. The summed E-state index contributed by atoms with van der Waals surface area (Å²) in [4.78, 5) is 11.0. The van der Waals surface area contributed by atoms with Crippen molar-refractivity contribution < 1.29 is 23.7 Å². The number of hydrogen-bond donors (Lipinski definition) is 1. The number of nitrogens with one attached hydrogen (secondary N) is 1. The van der Waals surface area contributed by atoms with Gasteiger partial charge in [0.1, 0.15) is 36.2 Å². The Balaban J connectivity index is 0.000000169. The van der Waals surface area contributed by atoms with Crippen LogP contribution in [0.1, 0.15) is 24.5 Å². The molecule has 0 saturated heterocycles. The molecule has 1 unspecified atom stereocenters. The average molecular weight is 399 g/mol. The van der Waals surface area contributed by atoms with Crippen molar-refractivity contribution in [2.45, 2.75) is 32.2 Å². The molecule has 0 spiro atoms. The number of methoxy groups -OCH3 is 2. The Morgan fingerprint density at radius 2 is 1.66 bits per heavy atom. The minimum atomic E-state index is 0.123. The number of hydrogen-bond acceptors (Lipinski definition) is 6. The Bertz CT molecular complexity index is 836. The van der Waals surface area contributed by atoms with E-state index in [2.05, 4.69) is 18.3 Å². The number of rotatable bonds is 5. The van der Waals surface area contributed by atoms with Crippen LogP contribution in [0.4, 0.5) is 0 Å². The Kier molecular flexibility index (Phi) is 7.36. The summed E-state index contributed by atoms with van der Waals surface area (Å²) < 4.78 is 21.2. The van der Waals surface area contributed by atoms with Crippen molar-refractivity contribution in [1.82, 2.24) is 5.32 Å². The molecule has 6 heteroatoms. The maximum atomic E-state index is 11.0. The van der Waals surface area contributed by atoms with Crippen molar-refractivity contribution in [3.05, 3.63) is 47.5 Å². The number of fused-ring (bicyclic) bond motifs is 2. The number of ether oxygens (including phenoxy) is 4. The van der Waals surface area contributed by atoms with Gasteiger partial charge in [0, 0.05) is 30.2 Å². The van der Waals surface area contributed by atoms with E-state index in [1.165, 1.54) is 5.56 Å². The molecule has 156 valence electrons. The van der Waals surface area contributed by atoms with Gasteiger partial charge in [0.2, 0.25) is 0 Å². The minimum Gasteiger partial charge on any atom is -0.497 e. The molecule has 6 nitrogen and oxygen atoms in total. The van der Waals surface area contributed by atoms with Gasteiger partial charge in [-0.05, 0) is 37.1 Å². The third-order valence-corrected chi connectivity index (χ3v) is 4.91. The summed E-state index contributed by atoms with van der Waals surface area (Å²) >= 11 is 0. The first-order valence-corrected chi connectivity index (χ1v) is 9.97. The smallest absolute Gasteiger partial charge is 0.174 e. The van der Waals surface area contributed by atoms with Crippen LogP contribution >= 0.6 is 0 Å². The number of ketones is 1. The number of carbonyl (C=O) groups is 1. The van der Waals surface area contributed by atoms with E-state index in [1.807, 2.05) is 30.3 Å². The summed E-state index contributed by atoms with van der Waals surface area (Å²) in [7, 11) is 3.28. The van der Waals surface area contributed by atoms with Crippen LogP contribution in [0, 0.1) is 0 Å². The highest BCUT2D eigenvalue weighted by Crippen LogP contribution is 2.29. The zero-order valence-corrected chi connectivity index (χ0v) is 17.3. The first-order valence-electron chi connectivity index (χ1n) is 9.97. The van der Waals surface area contributed by atoms with Crippen molar-refractivity contribution in [3.8, 4) is 23.0 Å². The summed E-state index contributed by atoms with van der Waals surface area (Å²) in [5, 5.41) is 3.48. The molecule has 0 radical (unpaired) electrons. The van der Waals surface area contributed by atoms with E-state index >= 15 is 0 Å². The van der Waals surface area contributed by atoms with Crippen LogP contribution in [0.5, 0.6) is 23.0 Å². The van der Waals surface area contributed by atoms with E-state index < -0.39 is 0 Å². The van der Waals surface area contributed by atoms with E-state index in [4.69, 9.17) is 18.9 Å². The minimum absolute atomic E-state index is 0.123. The molecule has 1 N–H and O–H groups in total. The molecule has 1 atom stereocenters. The number of carbonyl (C=O) groups excluding carboxylic acids is 1. The van der Waals surface area contributed by atoms with Gasteiger partial charge >= 0.3 is 0 Å². The van der Waals surface area contributed by atoms with Gasteiger partial charge in [0.15, 0.2) is 5.78 Å². The zero-order valence-electron chi connectivity index (χ0n) is 17.3. The molecule has 0 amide bonds. The van der Waals surface area contributed by atoms with E-state index in [0.717, 1.165) is 54.6 Å². The first-order chi connectivity index (χ1) is 14.1. The molecule has 2 aliphatic heterocycles. The normalized spacial score (nSPS) is 16.9. The second kappa shape index (κ2) is 10.2. The van der Waals surface area contributed by atoms with E-state index in [9.17, 15) is 4.79 Å². The molecular weight excluding hydrogens is 370 g/mol. The molecule has 0 aromatic heterocycles. The van der Waals surface area contributed by atoms with Crippen molar-refractivity contribution in [1.29, 1.82) is 0 Å². The second-order valence-electron chi connectivity index (χ2n) is 7.12. The van der Waals surface area contributed by atoms with Crippen LogP contribution in [0.25, 0.3) is 0 Å². The fourth-order valence-electron chi connectivity index (χ4n) is 3.32. The molecule has 2 aromatic rings. The fraction of sp³-hybridized carbons (Fsp3) is 0.435. The van der Waals surface area contributed by atoms with Crippen molar-refractivity contribution >= 4 is 5.78 Å². The predicted molar refractivity (Wildman–Crippen MR) is 111 cm³/mol. The molecule has 2 heterocycles. The Labute approximate surface area is 172 Å². The van der Waals surface area contributed by atoms with Gasteiger partial charge in [0.05, 0.1) is 14.2 Å². The zero-order chi connectivity index (χ0) is 20.6. The van der Waals surface area contributed by atoms with Gasteiger partial charge in [-0.15, -0.1) is 0 Å². The first kappa shape index (κ1) is 21.0. The molecule has 0 fully saturated rings. The largest absolute Gasteiger partial charge is 0.497 e. The van der Waals surface area contributed by atoms with Gasteiger partial charge < -0.3 is 24.3 Å². The molecule has 0 aliphatic carbocycles. The summed E-state index contributed by atoms with van der Waals surface area (Å²) in [5.41, 5.74) is 2.21. The van der Waals surface area contributed by atoms with Crippen LogP contribution in [0.15, 0.2) is 36.4 Å². The molecule has 2 aromatic carbocycles. The quantitative estimate of drug-likeness (QED) is 0.833. The topological polar surface area (TPSA) is 66.0 Å². The lowest BCUT2D eigenvalue weighted by Crippen LogP contribution is -2.39. The highest BCUT2D eigenvalue weighted by Gasteiger charge is 2.19. The summed E-state index contributed by atoms with van der Waals surface area (Å²) in [5.74, 6) is 3.47. The van der Waals surface area contributed by atoms with Crippen molar-refractivity contribution in [2.24, 2.45) is 0 Å². The lowest BCUT2D eigenvalue weighted by atomic mass is 10.0. The average Bonchev–Trinajstić information content (AvgIpc) is 2.77. The number of Topliss-reactive ketones (excluding diaryl/α,β-unsaturated/α-hetero) is 1. The monoisotopic (exact) mass is 399 g/mol. The third-order valence-electron chi connectivity index (χ3n) is 4.91. The molecular formula is C23H29NO5. The molecule has 4 rings (SSSR count). The lowest BCUT2D eigenvalue weighted by molar-refractivity contribution is -0.121. The highest BCUT2D eigenvalue weighted by atomic mass is 16.5. The third kappa shape index (κ3) is 5.64. The maximum Gasteiger partial charge on any atom is 0.174 e. The summed E-state index contributed by atoms with van der Waals surface area (Å²) in [6.07, 6.45) is 2.67. The standard InChI is InChI=1S/C13H19NO2.C10H10O3/c1-3-6-14-11-7-10-4-5-12(15-2)8-13(10)16-9-11;1-12-9-3-2-7-4-8(11)6-13-10(7)5-9/h4-5,8,11,14H,3,6-7,9H2,1-2H3;2-3,5H,4,6H2,1H3. The van der Waals surface area contributed by atoms with Gasteiger partial charge in [-0.1, -0.05) is 19.1 Å².